The Morgan fingerprint density at radius 3 is 2.47 bits per heavy atom. The van der Waals surface area contributed by atoms with E-state index in [-0.39, 0.29) is 22.8 Å². The highest BCUT2D eigenvalue weighted by Crippen LogP contribution is 2.35. The van der Waals surface area contributed by atoms with Crippen LogP contribution in [-0.4, -0.2) is 60.0 Å². The standard InChI is InChI=1S/C26H32FN3O4/c1-4-18(15-29-9-11-34-12-10-29)28-24(32)23-20-13-26(2,3)14-22(31)21(20)16-30(25(23)33)19-7-5-17(27)6-8-19/h5-8,16,18H,4,9-15H2,1-3H3,(H,28,32)/t18-/m0/s1. The van der Waals surface area contributed by atoms with Crippen molar-refractivity contribution in [1.82, 2.24) is 14.8 Å². The molecule has 0 bridgehead atoms. The summed E-state index contributed by atoms with van der Waals surface area (Å²) in [5.41, 5.74) is 0.433. The lowest BCUT2D eigenvalue weighted by molar-refractivity contribution is 0.0331. The maximum absolute atomic E-state index is 13.6. The van der Waals surface area contributed by atoms with Gasteiger partial charge in [0.2, 0.25) is 0 Å². The number of carbonyl (C=O) groups is 2. The highest BCUT2D eigenvalue weighted by atomic mass is 19.1. The summed E-state index contributed by atoms with van der Waals surface area (Å²) in [5.74, 6) is -1.00. The molecule has 1 aromatic heterocycles. The van der Waals surface area contributed by atoms with Crippen LogP contribution in [-0.2, 0) is 11.2 Å². The van der Waals surface area contributed by atoms with Crippen molar-refractivity contribution >= 4 is 11.7 Å². The van der Waals surface area contributed by atoms with Gasteiger partial charge in [0.1, 0.15) is 11.4 Å². The zero-order valence-corrected chi connectivity index (χ0v) is 20.0. The quantitative estimate of drug-likeness (QED) is 0.704. The third-order valence-electron chi connectivity index (χ3n) is 6.65. The van der Waals surface area contributed by atoms with Crippen molar-refractivity contribution in [2.75, 3.05) is 32.8 Å². The van der Waals surface area contributed by atoms with Gasteiger partial charge < -0.3 is 10.1 Å². The van der Waals surface area contributed by atoms with Crippen molar-refractivity contribution in [2.24, 2.45) is 5.41 Å². The Balaban J connectivity index is 1.74. The number of Topliss-reactive ketones (excluding diaryl/α,β-unsaturated/α-hetero) is 1. The molecule has 182 valence electrons. The number of nitrogens with one attached hydrogen (secondary N) is 1. The summed E-state index contributed by atoms with van der Waals surface area (Å²) in [7, 11) is 0. The van der Waals surface area contributed by atoms with Gasteiger partial charge in [0.15, 0.2) is 5.78 Å². The van der Waals surface area contributed by atoms with Gasteiger partial charge in [0.25, 0.3) is 11.5 Å². The summed E-state index contributed by atoms with van der Waals surface area (Å²) in [4.78, 5) is 42.5. The van der Waals surface area contributed by atoms with Gasteiger partial charge in [-0.3, -0.25) is 23.9 Å². The molecule has 1 atom stereocenters. The zero-order chi connectivity index (χ0) is 24.5. The zero-order valence-electron chi connectivity index (χ0n) is 20.0. The summed E-state index contributed by atoms with van der Waals surface area (Å²) in [5, 5.41) is 3.05. The normalized spacial score (nSPS) is 18.9. The van der Waals surface area contributed by atoms with Crippen molar-refractivity contribution in [3.05, 3.63) is 63.3 Å². The monoisotopic (exact) mass is 469 g/mol. The number of benzene rings is 1. The third-order valence-corrected chi connectivity index (χ3v) is 6.65. The lowest BCUT2D eigenvalue weighted by Crippen LogP contribution is -2.48. The second-order valence-electron chi connectivity index (χ2n) is 9.98. The second-order valence-corrected chi connectivity index (χ2v) is 9.98. The highest BCUT2D eigenvalue weighted by Gasteiger charge is 2.36. The molecule has 1 aliphatic carbocycles. The van der Waals surface area contributed by atoms with Crippen molar-refractivity contribution < 1.29 is 18.7 Å². The van der Waals surface area contributed by atoms with Gasteiger partial charge in [-0.2, -0.15) is 0 Å². The molecule has 0 spiro atoms. The predicted molar refractivity (Wildman–Crippen MR) is 127 cm³/mol. The smallest absolute Gasteiger partial charge is 0.268 e. The fourth-order valence-corrected chi connectivity index (χ4v) is 4.80. The third kappa shape index (κ3) is 5.13. The van der Waals surface area contributed by atoms with E-state index in [1.165, 1.54) is 35.0 Å². The van der Waals surface area contributed by atoms with Gasteiger partial charge in [-0.15, -0.1) is 0 Å². The van der Waals surface area contributed by atoms with Crippen LogP contribution in [0, 0.1) is 11.2 Å². The molecule has 1 N–H and O–H groups in total. The van der Waals surface area contributed by atoms with Crippen molar-refractivity contribution in [3.8, 4) is 5.69 Å². The van der Waals surface area contributed by atoms with Gasteiger partial charge in [0, 0.05) is 49.5 Å². The molecule has 2 aromatic rings. The number of pyridine rings is 1. The molecule has 8 heteroatoms. The van der Waals surface area contributed by atoms with E-state index in [4.69, 9.17) is 4.74 Å². The largest absolute Gasteiger partial charge is 0.379 e. The number of rotatable bonds is 6. The number of hydrogen-bond acceptors (Lipinski definition) is 5. The fraction of sp³-hybridized carbons (Fsp3) is 0.500. The van der Waals surface area contributed by atoms with Crippen LogP contribution < -0.4 is 10.9 Å². The van der Waals surface area contributed by atoms with Crippen molar-refractivity contribution in [2.45, 2.75) is 46.1 Å². The molecule has 2 aliphatic rings. The molecular formula is C26H32FN3O4. The van der Waals surface area contributed by atoms with E-state index < -0.39 is 17.3 Å². The summed E-state index contributed by atoms with van der Waals surface area (Å²) in [6.45, 7) is 9.52. The van der Waals surface area contributed by atoms with E-state index >= 15 is 0 Å². The van der Waals surface area contributed by atoms with E-state index in [2.05, 4.69) is 10.2 Å². The first kappa shape index (κ1) is 24.3. The Hall–Kier alpha value is -2.84. The number of ether oxygens (including phenoxy) is 1. The number of hydrogen-bond donors (Lipinski definition) is 1. The maximum atomic E-state index is 13.6. The molecule has 1 aliphatic heterocycles. The number of fused-ring (bicyclic) bond motifs is 1. The summed E-state index contributed by atoms with van der Waals surface area (Å²) >= 11 is 0. The van der Waals surface area contributed by atoms with Crippen LogP contribution in [0.4, 0.5) is 4.39 Å². The minimum Gasteiger partial charge on any atom is -0.379 e. The molecule has 4 rings (SSSR count). The molecule has 7 nitrogen and oxygen atoms in total. The maximum Gasteiger partial charge on any atom is 0.268 e. The Kier molecular flexibility index (Phi) is 7.00. The first-order valence-corrected chi connectivity index (χ1v) is 11.9. The molecule has 34 heavy (non-hydrogen) atoms. The van der Waals surface area contributed by atoms with Crippen LogP contribution in [0.15, 0.2) is 35.3 Å². The number of aromatic nitrogens is 1. The topological polar surface area (TPSA) is 80.6 Å². The van der Waals surface area contributed by atoms with Crippen LogP contribution >= 0.6 is 0 Å². The molecular weight excluding hydrogens is 437 g/mol. The van der Waals surface area contributed by atoms with Gasteiger partial charge in [0.05, 0.1) is 13.2 Å². The molecule has 0 saturated carbocycles. The molecule has 1 saturated heterocycles. The lowest BCUT2D eigenvalue weighted by atomic mass is 9.73. The lowest BCUT2D eigenvalue weighted by Gasteiger charge is -2.32. The first-order valence-electron chi connectivity index (χ1n) is 11.9. The van der Waals surface area contributed by atoms with Gasteiger partial charge >= 0.3 is 0 Å². The summed E-state index contributed by atoms with van der Waals surface area (Å²) < 4.78 is 20.2. The summed E-state index contributed by atoms with van der Waals surface area (Å²) in [6.07, 6.45) is 2.99. The predicted octanol–water partition coefficient (Wildman–Crippen LogP) is 2.97. The minimum atomic E-state index is -0.505. The van der Waals surface area contributed by atoms with Crippen LogP contribution in [0.25, 0.3) is 5.69 Å². The van der Waals surface area contributed by atoms with Crippen LogP contribution in [0.5, 0.6) is 0 Å². The first-order chi connectivity index (χ1) is 16.2. The number of nitrogens with zero attached hydrogens (tertiary/aromatic N) is 2. The van der Waals surface area contributed by atoms with Crippen LogP contribution in [0.3, 0.4) is 0 Å². The van der Waals surface area contributed by atoms with E-state index in [0.29, 0.717) is 55.8 Å². The van der Waals surface area contributed by atoms with E-state index in [0.717, 1.165) is 13.1 Å². The van der Waals surface area contributed by atoms with E-state index in [1.807, 2.05) is 20.8 Å². The van der Waals surface area contributed by atoms with Gasteiger partial charge in [-0.05, 0) is 48.1 Å². The Morgan fingerprint density at radius 1 is 1.15 bits per heavy atom. The SMILES string of the molecule is CC[C@@H](CN1CCOCC1)NC(=O)c1c2c(cn(-c3ccc(F)cc3)c1=O)C(=O)CC(C)(C)C2. The van der Waals surface area contributed by atoms with E-state index in [1.54, 1.807) is 0 Å². The Labute approximate surface area is 198 Å². The Bertz CT molecular complexity index is 1130. The second kappa shape index (κ2) is 9.80. The van der Waals surface area contributed by atoms with Gasteiger partial charge in [-0.1, -0.05) is 20.8 Å². The number of amides is 1. The van der Waals surface area contributed by atoms with Crippen molar-refractivity contribution in [1.29, 1.82) is 0 Å². The number of carbonyl (C=O) groups excluding carboxylic acids is 2. The average molecular weight is 470 g/mol. The summed E-state index contributed by atoms with van der Waals surface area (Å²) in [6, 6.07) is 5.29. The highest BCUT2D eigenvalue weighted by molar-refractivity contribution is 6.04. The van der Waals surface area contributed by atoms with Crippen LogP contribution in [0.1, 0.15) is 59.9 Å². The Morgan fingerprint density at radius 2 is 1.82 bits per heavy atom. The molecule has 1 amide bonds. The average Bonchev–Trinajstić information content (AvgIpc) is 2.79. The number of morpholine rings is 1. The molecule has 1 fully saturated rings. The molecule has 1 aromatic carbocycles. The van der Waals surface area contributed by atoms with Crippen LogP contribution in [0.2, 0.25) is 0 Å². The number of halogens is 1. The molecule has 0 radical (unpaired) electrons. The van der Waals surface area contributed by atoms with E-state index in [9.17, 15) is 18.8 Å². The van der Waals surface area contributed by atoms with Crippen molar-refractivity contribution in [3.63, 3.8) is 0 Å². The van der Waals surface area contributed by atoms with Gasteiger partial charge in [-0.25, -0.2) is 4.39 Å². The fourth-order valence-electron chi connectivity index (χ4n) is 4.80. The molecule has 0 unspecified atom stereocenters. The molecule has 2 heterocycles. The minimum absolute atomic E-state index is 0.00313. The number of ketones is 1.